The number of ketones is 1. The number of carbonyl (C=O) groups is 1. The fourth-order valence-corrected chi connectivity index (χ4v) is 3.77. The van der Waals surface area contributed by atoms with Gasteiger partial charge in [0.2, 0.25) is 0 Å². The number of hydrogen-bond donors (Lipinski definition) is 0. The second-order valence-electron chi connectivity index (χ2n) is 6.80. The van der Waals surface area contributed by atoms with Crippen molar-refractivity contribution in [2.45, 2.75) is 25.7 Å². The van der Waals surface area contributed by atoms with E-state index < -0.39 is 0 Å². The van der Waals surface area contributed by atoms with Gasteiger partial charge in [0.1, 0.15) is 0 Å². The van der Waals surface area contributed by atoms with Crippen LogP contribution in [0.15, 0.2) is 54.6 Å². The molecule has 0 atom stereocenters. The fourth-order valence-electron chi connectivity index (χ4n) is 3.77. The Balaban J connectivity index is 0.00000182. The first kappa shape index (κ1) is 17.9. The van der Waals surface area contributed by atoms with Crippen molar-refractivity contribution in [2.75, 3.05) is 19.6 Å². The predicted octanol–water partition coefficient (Wildman–Crippen LogP) is 5.47. The number of benzene rings is 3. The van der Waals surface area contributed by atoms with Gasteiger partial charge in [0, 0.05) is 18.5 Å². The first-order valence-corrected chi connectivity index (χ1v) is 8.98. The van der Waals surface area contributed by atoms with Gasteiger partial charge in [-0.15, -0.1) is 12.4 Å². The minimum absolute atomic E-state index is 0. The minimum atomic E-state index is 0. The van der Waals surface area contributed by atoms with Gasteiger partial charge in [0.05, 0.1) is 0 Å². The fraction of sp³-hybridized carbons (Fsp3) is 0.318. The van der Waals surface area contributed by atoms with Crippen LogP contribution in [-0.2, 0) is 0 Å². The Morgan fingerprint density at radius 1 is 0.840 bits per heavy atom. The first-order valence-electron chi connectivity index (χ1n) is 8.98. The number of hydrogen-bond acceptors (Lipinski definition) is 2. The summed E-state index contributed by atoms with van der Waals surface area (Å²) in [7, 11) is 0. The highest BCUT2D eigenvalue weighted by Crippen LogP contribution is 2.26. The molecule has 0 radical (unpaired) electrons. The minimum Gasteiger partial charge on any atom is -0.303 e. The summed E-state index contributed by atoms with van der Waals surface area (Å²) < 4.78 is 0. The molecule has 3 heteroatoms. The van der Waals surface area contributed by atoms with E-state index in [-0.39, 0.29) is 18.2 Å². The van der Waals surface area contributed by atoms with E-state index in [9.17, 15) is 4.79 Å². The highest BCUT2D eigenvalue weighted by atomic mass is 35.5. The van der Waals surface area contributed by atoms with Gasteiger partial charge in [-0.1, -0.05) is 55.0 Å². The molecule has 0 saturated carbocycles. The van der Waals surface area contributed by atoms with E-state index >= 15 is 0 Å². The van der Waals surface area contributed by atoms with E-state index in [1.807, 2.05) is 6.07 Å². The molecule has 1 fully saturated rings. The maximum Gasteiger partial charge on any atom is 0.164 e. The third kappa shape index (κ3) is 3.86. The summed E-state index contributed by atoms with van der Waals surface area (Å²) >= 11 is 0. The smallest absolute Gasteiger partial charge is 0.164 e. The van der Waals surface area contributed by atoms with Crippen molar-refractivity contribution >= 4 is 39.7 Å². The number of halogens is 1. The standard InChI is InChI=1S/C22H23NO.ClH/c24-22(12-15-23-13-4-1-5-14-23)19-10-11-21-18(16-19)9-8-17-6-2-3-7-20(17)21;/h2-3,6-11,16H,1,4-5,12-15H2;1H. The number of Topliss-reactive ketones (excluding diaryl/α,β-unsaturated/α-hetero) is 1. The van der Waals surface area contributed by atoms with Crippen LogP contribution >= 0.6 is 12.4 Å². The Labute approximate surface area is 155 Å². The molecule has 4 rings (SSSR count). The highest BCUT2D eigenvalue weighted by molar-refractivity contribution is 6.09. The summed E-state index contributed by atoms with van der Waals surface area (Å²) in [4.78, 5) is 15.0. The van der Waals surface area contributed by atoms with Crippen molar-refractivity contribution in [1.82, 2.24) is 4.90 Å². The molecule has 0 aliphatic carbocycles. The third-order valence-corrected chi connectivity index (χ3v) is 5.17. The van der Waals surface area contributed by atoms with E-state index in [0.29, 0.717) is 6.42 Å². The number of fused-ring (bicyclic) bond motifs is 3. The second kappa shape index (κ2) is 7.99. The molecule has 1 heterocycles. The summed E-state index contributed by atoms with van der Waals surface area (Å²) in [5.41, 5.74) is 0.842. The number of rotatable bonds is 4. The Hall–Kier alpha value is -1.90. The zero-order valence-corrected chi connectivity index (χ0v) is 15.2. The van der Waals surface area contributed by atoms with E-state index in [1.165, 1.54) is 35.4 Å². The summed E-state index contributed by atoms with van der Waals surface area (Å²) in [6, 6.07) is 18.8. The van der Waals surface area contributed by atoms with Crippen molar-refractivity contribution in [3.63, 3.8) is 0 Å². The molecule has 3 aromatic carbocycles. The van der Waals surface area contributed by atoms with Crippen molar-refractivity contribution in [3.05, 3.63) is 60.2 Å². The van der Waals surface area contributed by atoms with Gasteiger partial charge in [-0.2, -0.15) is 0 Å². The summed E-state index contributed by atoms with van der Waals surface area (Å²) in [5.74, 6) is 0.260. The average Bonchev–Trinajstić information content (AvgIpc) is 2.66. The second-order valence-corrected chi connectivity index (χ2v) is 6.80. The highest BCUT2D eigenvalue weighted by Gasteiger charge is 2.13. The zero-order valence-electron chi connectivity index (χ0n) is 14.4. The number of piperidine rings is 1. The van der Waals surface area contributed by atoms with Crippen LogP contribution in [0.4, 0.5) is 0 Å². The van der Waals surface area contributed by atoms with Crippen molar-refractivity contribution in [1.29, 1.82) is 0 Å². The van der Waals surface area contributed by atoms with Crippen LogP contribution in [0.2, 0.25) is 0 Å². The van der Waals surface area contributed by atoms with Gasteiger partial charge in [0.15, 0.2) is 5.78 Å². The van der Waals surface area contributed by atoms with Crippen LogP contribution in [-0.4, -0.2) is 30.3 Å². The molecule has 0 amide bonds. The van der Waals surface area contributed by atoms with Crippen molar-refractivity contribution in [2.24, 2.45) is 0 Å². The molecule has 25 heavy (non-hydrogen) atoms. The van der Waals surface area contributed by atoms with Crippen LogP contribution in [0, 0.1) is 0 Å². The molecular formula is C22H24ClNO. The first-order chi connectivity index (χ1) is 11.8. The van der Waals surface area contributed by atoms with Gasteiger partial charge in [-0.3, -0.25) is 4.79 Å². The van der Waals surface area contributed by atoms with Crippen LogP contribution in [0.5, 0.6) is 0 Å². The lowest BCUT2D eigenvalue weighted by atomic mass is 9.98. The van der Waals surface area contributed by atoms with Gasteiger partial charge >= 0.3 is 0 Å². The van der Waals surface area contributed by atoms with Crippen molar-refractivity contribution < 1.29 is 4.79 Å². The number of nitrogens with zero attached hydrogens (tertiary/aromatic N) is 1. The van der Waals surface area contributed by atoms with Crippen LogP contribution < -0.4 is 0 Å². The van der Waals surface area contributed by atoms with Gasteiger partial charge in [0.25, 0.3) is 0 Å². The van der Waals surface area contributed by atoms with Gasteiger partial charge < -0.3 is 4.90 Å². The molecule has 0 bridgehead atoms. The van der Waals surface area contributed by atoms with Crippen LogP contribution in [0.25, 0.3) is 21.5 Å². The molecule has 0 aromatic heterocycles. The van der Waals surface area contributed by atoms with Crippen LogP contribution in [0.3, 0.4) is 0 Å². The Kier molecular flexibility index (Phi) is 5.72. The predicted molar refractivity (Wildman–Crippen MR) is 108 cm³/mol. The average molecular weight is 354 g/mol. The molecule has 0 spiro atoms. The van der Waals surface area contributed by atoms with Crippen molar-refractivity contribution in [3.8, 4) is 0 Å². The summed E-state index contributed by atoms with van der Waals surface area (Å²) in [5, 5.41) is 4.87. The van der Waals surface area contributed by atoms with E-state index in [1.54, 1.807) is 0 Å². The Morgan fingerprint density at radius 2 is 1.56 bits per heavy atom. The molecule has 1 saturated heterocycles. The Morgan fingerprint density at radius 3 is 2.40 bits per heavy atom. The largest absolute Gasteiger partial charge is 0.303 e. The SMILES string of the molecule is Cl.O=C(CCN1CCCCC1)c1ccc2c(ccc3ccccc32)c1. The lowest BCUT2D eigenvalue weighted by molar-refractivity contribution is 0.0959. The van der Waals surface area contributed by atoms with Gasteiger partial charge in [-0.25, -0.2) is 0 Å². The van der Waals surface area contributed by atoms with E-state index in [4.69, 9.17) is 0 Å². The maximum absolute atomic E-state index is 12.6. The maximum atomic E-state index is 12.6. The number of likely N-dealkylation sites (tertiary alicyclic amines) is 1. The van der Waals surface area contributed by atoms with Crippen LogP contribution in [0.1, 0.15) is 36.0 Å². The lowest BCUT2D eigenvalue weighted by Crippen LogP contribution is -2.31. The topological polar surface area (TPSA) is 20.3 Å². The monoisotopic (exact) mass is 353 g/mol. The zero-order chi connectivity index (χ0) is 16.4. The molecule has 3 aromatic rings. The number of carbonyl (C=O) groups excluding carboxylic acids is 1. The van der Waals surface area contributed by atoms with E-state index in [2.05, 4.69) is 53.4 Å². The molecule has 1 aliphatic heterocycles. The molecule has 2 nitrogen and oxygen atoms in total. The molecule has 1 aliphatic rings. The molecule has 0 unspecified atom stereocenters. The summed E-state index contributed by atoms with van der Waals surface area (Å²) in [6.45, 7) is 3.20. The molecule has 130 valence electrons. The van der Waals surface area contributed by atoms with E-state index in [0.717, 1.165) is 30.6 Å². The quantitative estimate of drug-likeness (QED) is 0.457. The molecular weight excluding hydrogens is 330 g/mol. The summed E-state index contributed by atoms with van der Waals surface area (Å²) in [6.07, 6.45) is 4.51. The lowest BCUT2D eigenvalue weighted by Gasteiger charge is -2.25. The Bertz CT molecular complexity index is 883. The van der Waals surface area contributed by atoms with Gasteiger partial charge in [-0.05, 0) is 53.5 Å². The molecule has 0 N–H and O–H groups in total. The third-order valence-electron chi connectivity index (χ3n) is 5.17. The normalized spacial score (nSPS) is 15.2.